The third-order valence-corrected chi connectivity index (χ3v) is 4.26. The highest BCUT2D eigenvalue weighted by atomic mass is 32.1. The number of carbonyl (C=O) groups excluding carboxylic acids is 1. The molecule has 3 N–H and O–H groups in total. The normalized spacial score (nSPS) is 17.4. The van der Waals surface area contributed by atoms with Gasteiger partial charge in [-0.3, -0.25) is 0 Å². The van der Waals surface area contributed by atoms with Crippen molar-refractivity contribution in [3.63, 3.8) is 0 Å². The minimum absolute atomic E-state index is 0.294. The van der Waals surface area contributed by atoms with Crippen LogP contribution in [0.1, 0.15) is 24.0 Å². The zero-order valence-electron chi connectivity index (χ0n) is 10.1. The van der Waals surface area contributed by atoms with Crippen molar-refractivity contribution in [1.29, 1.82) is 0 Å². The number of aryl methyl sites for hydroxylation is 1. The first-order valence-electron chi connectivity index (χ1n) is 5.96. The van der Waals surface area contributed by atoms with Crippen molar-refractivity contribution in [2.75, 3.05) is 13.1 Å². The Hall–Kier alpha value is -1.07. The van der Waals surface area contributed by atoms with E-state index >= 15 is 0 Å². The van der Waals surface area contributed by atoms with Crippen LogP contribution in [0.5, 0.6) is 0 Å². The molecule has 2 rings (SSSR count). The predicted molar refractivity (Wildman–Crippen MR) is 70.1 cm³/mol. The van der Waals surface area contributed by atoms with Gasteiger partial charge in [-0.25, -0.2) is 4.79 Å². The minimum Gasteiger partial charge on any atom is -0.351 e. The van der Waals surface area contributed by atoms with E-state index in [0.29, 0.717) is 6.04 Å². The number of urea groups is 1. The molecule has 1 aromatic rings. The average molecular weight is 253 g/mol. The Bertz CT molecular complexity index is 383. The van der Waals surface area contributed by atoms with Gasteiger partial charge in [0.1, 0.15) is 0 Å². The monoisotopic (exact) mass is 253 g/mol. The van der Waals surface area contributed by atoms with Gasteiger partial charge in [-0.1, -0.05) is 0 Å². The van der Waals surface area contributed by atoms with Crippen LogP contribution in [-0.2, 0) is 6.54 Å². The van der Waals surface area contributed by atoms with E-state index in [1.807, 2.05) is 0 Å². The van der Waals surface area contributed by atoms with Gasteiger partial charge < -0.3 is 16.0 Å². The first-order chi connectivity index (χ1) is 8.16. The van der Waals surface area contributed by atoms with Gasteiger partial charge in [0.05, 0.1) is 0 Å². The topological polar surface area (TPSA) is 58.4 Å². The Morgan fingerprint density at radius 1 is 1.53 bits per heavy atom. The molecular formula is C12H19N3OS. The molecule has 1 aliphatic rings. The van der Waals surface area contributed by atoms with Crippen molar-refractivity contribution >= 4 is 17.4 Å². The zero-order chi connectivity index (χ0) is 12.3. The average Bonchev–Trinajstić information content (AvgIpc) is 2.73. The highest BCUT2D eigenvalue weighted by molar-refractivity contribution is 7.08. The second-order valence-electron chi connectivity index (χ2n) is 4.56. The lowest BCUT2D eigenvalue weighted by atomic mass is 10.0. The van der Waals surface area contributed by atoms with Gasteiger partial charge in [0.15, 0.2) is 0 Å². The van der Waals surface area contributed by atoms with Crippen molar-refractivity contribution < 1.29 is 4.79 Å². The van der Waals surface area contributed by atoms with Gasteiger partial charge in [-0.05, 0) is 41.7 Å². The molecule has 0 saturated carbocycles. The molecule has 0 aromatic carbocycles. The first kappa shape index (κ1) is 12.4. The summed E-state index contributed by atoms with van der Waals surface area (Å²) in [6, 6.07) is 0.210. The standard InChI is InChI=1S/C12H19N3OS/c1-9-7-17-8-10(9)6-14-11-2-4-15(5-3-11)12(13)16/h7-8,11,14H,2-6H2,1H3,(H2,13,16). The molecule has 2 amide bonds. The van der Waals surface area contributed by atoms with Crippen LogP contribution in [0.25, 0.3) is 0 Å². The first-order valence-corrected chi connectivity index (χ1v) is 6.90. The molecule has 2 heterocycles. The fraction of sp³-hybridized carbons (Fsp3) is 0.583. The number of rotatable bonds is 3. The summed E-state index contributed by atoms with van der Waals surface area (Å²) in [5.41, 5.74) is 7.99. The summed E-state index contributed by atoms with van der Waals surface area (Å²) < 4.78 is 0. The van der Waals surface area contributed by atoms with Crippen LogP contribution >= 0.6 is 11.3 Å². The van der Waals surface area contributed by atoms with Crippen molar-refractivity contribution in [3.8, 4) is 0 Å². The van der Waals surface area contributed by atoms with Crippen LogP contribution in [-0.4, -0.2) is 30.1 Å². The maximum Gasteiger partial charge on any atom is 0.314 e. The third-order valence-electron chi connectivity index (χ3n) is 3.35. The van der Waals surface area contributed by atoms with Gasteiger partial charge >= 0.3 is 6.03 Å². The van der Waals surface area contributed by atoms with Gasteiger partial charge in [0.2, 0.25) is 0 Å². The summed E-state index contributed by atoms with van der Waals surface area (Å²) in [4.78, 5) is 12.7. The Balaban J connectivity index is 1.75. The number of likely N-dealkylation sites (tertiary alicyclic amines) is 1. The van der Waals surface area contributed by atoms with E-state index in [1.54, 1.807) is 16.2 Å². The number of thiophene rings is 1. The fourth-order valence-corrected chi connectivity index (χ4v) is 2.98. The quantitative estimate of drug-likeness (QED) is 0.861. The summed E-state index contributed by atoms with van der Waals surface area (Å²) in [5, 5.41) is 7.92. The Morgan fingerprint density at radius 2 is 2.24 bits per heavy atom. The molecular weight excluding hydrogens is 234 g/mol. The fourth-order valence-electron chi connectivity index (χ4n) is 2.13. The lowest BCUT2D eigenvalue weighted by Gasteiger charge is -2.31. The lowest BCUT2D eigenvalue weighted by Crippen LogP contribution is -2.46. The molecule has 1 saturated heterocycles. The largest absolute Gasteiger partial charge is 0.351 e. The molecule has 5 heteroatoms. The van der Waals surface area contributed by atoms with Crippen molar-refractivity contribution in [1.82, 2.24) is 10.2 Å². The van der Waals surface area contributed by atoms with Gasteiger partial charge in [-0.15, -0.1) is 0 Å². The number of amides is 2. The van der Waals surface area contributed by atoms with Crippen molar-refractivity contribution in [2.24, 2.45) is 5.73 Å². The van der Waals surface area contributed by atoms with E-state index < -0.39 is 0 Å². The van der Waals surface area contributed by atoms with Crippen LogP contribution in [0.3, 0.4) is 0 Å². The molecule has 0 aliphatic carbocycles. The smallest absolute Gasteiger partial charge is 0.314 e. The molecule has 1 aromatic heterocycles. The number of primary amides is 1. The van der Waals surface area contributed by atoms with Gasteiger partial charge in [-0.2, -0.15) is 11.3 Å². The SMILES string of the molecule is Cc1cscc1CNC1CCN(C(N)=O)CC1. The molecule has 4 nitrogen and oxygen atoms in total. The maximum absolute atomic E-state index is 11.0. The summed E-state index contributed by atoms with van der Waals surface area (Å²) >= 11 is 1.75. The second kappa shape index (κ2) is 5.51. The van der Waals surface area contributed by atoms with Crippen LogP contribution in [0.15, 0.2) is 10.8 Å². The van der Waals surface area contributed by atoms with Crippen LogP contribution < -0.4 is 11.1 Å². The third kappa shape index (κ3) is 3.20. The minimum atomic E-state index is -0.294. The molecule has 0 radical (unpaired) electrons. The number of carbonyl (C=O) groups is 1. The Labute approximate surface area is 106 Å². The number of nitrogens with one attached hydrogen (secondary N) is 1. The highest BCUT2D eigenvalue weighted by Crippen LogP contribution is 2.15. The summed E-state index contributed by atoms with van der Waals surface area (Å²) in [5.74, 6) is 0. The van der Waals surface area contributed by atoms with E-state index in [1.165, 1.54) is 11.1 Å². The number of piperidine rings is 1. The molecule has 1 fully saturated rings. The summed E-state index contributed by atoms with van der Waals surface area (Å²) in [6.45, 7) is 4.62. The van der Waals surface area contributed by atoms with E-state index in [-0.39, 0.29) is 6.03 Å². The number of nitrogens with two attached hydrogens (primary N) is 1. The van der Waals surface area contributed by atoms with Gasteiger partial charge in [0, 0.05) is 25.7 Å². The van der Waals surface area contributed by atoms with E-state index in [9.17, 15) is 4.79 Å². The number of hydrogen-bond donors (Lipinski definition) is 2. The molecule has 0 atom stereocenters. The van der Waals surface area contributed by atoms with Crippen molar-refractivity contribution in [2.45, 2.75) is 32.4 Å². The van der Waals surface area contributed by atoms with Crippen LogP contribution in [0, 0.1) is 6.92 Å². The molecule has 0 unspecified atom stereocenters. The molecule has 94 valence electrons. The molecule has 0 bridgehead atoms. The van der Waals surface area contributed by atoms with E-state index in [2.05, 4.69) is 23.0 Å². The Morgan fingerprint density at radius 3 is 2.76 bits per heavy atom. The molecule has 1 aliphatic heterocycles. The van der Waals surface area contributed by atoms with Crippen LogP contribution in [0.4, 0.5) is 4.79 Å². The second-order valence-corrected chi connectivity index (χ2v) is 5.30. The number of hydrogen-bond acceptors (Lipinski definition) is 3. The maximum atomic E-state index is 11.0. The number of nitrogens with zero attached hydrogens (tertiary/aromatic N) is 1. The van der Waals surface area contributed by atoms with Gasteiger partial charge in [0.25, 0.3) is 0 Å². The predicted octanol–water partition coefficient (Wildman–Crippen LogP) is 1.69. The zero-order valence-corrected chi connectivity index (χ0v) is 10.9. The lowest BCUT2D eigenvalue weighted by molar-refractivity contribution is 0.185. The highest BCUT2D eigenvalue weighted by Gasteiger charge is 2.20. The summed E-state index contributed by atoms with van der Waals surface area (Å²) in [6.07, 6.45) is 1.98. The van der Waals surface area contributed by atoms with E-state index in [0.717, 1.165) is 32.5 Å². The van der Waals surface area contributed by atoms with E-state index in [4.69, 9.17) is 5.73 Å². The Kier molecular flexibility index (Phi) is 4.02. The molecule has 17 heavy (non-hydrogen) atoms. The molecule has 0 spiro atoms. The van der Waals surface area contributed by atoms with Crippen LogP contribution in [0.2, 0.25) is 0 Å². The summed E-state index contributed by atoms with van der Waals surface area (Å²) in [7, 11) is 0. The van der Waals surface area contributed by atoms with Crippen molar-refractivity contribution in [3.05, 3.63) is 21.9 Å².